The van der Waals surface area contributed by atoms with Crippen LogP contribution in [-0.4, -0.2) is 48.1 Å². The Hall–Kier alpha value is -4.33. The molecule has 8 nitrogen and oxygen atoms in total. The zero-order chi connectivity index (χ0) is 28.0. The van der Waals surface area contributed by atoms with Crippen LogP contribution in [-0.2, 0) is 27.1 Å². The molecule has 2 amide bonds. The van der Waals surface area contributed by atoms with Crippen LogP contribution in [0, 0.1) is 0 Å². The van der Waals surface area contributed by atoms with Gasteiger partial charge in [-0.25, -0.2) is 14.4 Å². The first-order chi connectivity index (χ1) is 18.6. The molecule has 1 aliphatic rings. The van der Waals surface area contributed by atoms with E-state index in [2.05, 4.69) is 22.8 Å². The second kappa shape index (κ2) is 12.0. The minimum absolute atomic E-state index is 0.0901. The summed E-state index contributed by atoms with van der Waals surface area (Å²) in [5.74, 6) is -1.27. The highest BCUT2D eigenvalue weighted by molar-refractivity contribution is 5.81. The molecule has 0 saturated carbocycles. The number of benzene rings is 3. The van der Waals surface area contributed by atoms with Crippen molar-refractivity contribution in [3.63, 3.8) is 0 Å². The highest BCUT2D eigenvalue weighted by Gasteiger charge is 2.30. The number of nitrogens with one attached hydrogen (secondary N) is 2. The largest absolute Gasteiger partial charge is 0.480 e. The lowest BCUT2D eigenvalue weighted by molar-refractivity contribution is -0.139. The van der Waals surface area contributed by atoms with Gasteiger partial charge in [-0.1, -0.05) is 72.8 Å². The Bertz CT molecular complexity index is 1300. The molecule has 4 rings (SSSR count). The van der Waals surface area contributed by atoms with Gasteiger partial charge in [0.2, 0.25) is 0 Å². The van der Waals surface area contributed by atoms with E-state index >= 15 is 0 Å². The number of hydrogen-bond acceptors (Lipinski definition) is 5. The molecule has 1 aliphatic carbocycles. The Kier molecular flexibility index (Phi) is 8.54. The number of alkyl carbamates (subject to hydrolysis) is 2. The standard InChI is InChI=1S/C31H34N2O6/c1-31(2,3)39-29(36)32-16-15-20-9-8-10-21(17-20)18-27(28(34)35)33-30(37)38-19-26-24-13-6-4-11-22(24)23-12-5-7-14-25(23)26/h4-14,17,26-27H,15-16,18-19H2,1-3H3,(H,32,36)(H,33,37)(H,34,35)/t27-/m0/s1. The molecule has 0 aliphatic heterocycles. The van der Waals surface area contributed by atoms with Crippen molar-refractivity contribution in [2.45, 2.75) is 51.2 Å². The Labute approximate surface area is 228 Å². The molecule has 39 heavy (non-hydrogen) atoms. The van der Waals surface area contributed by atoms with E-state index in [0.29, 0.717) is 13.0 Å². The van der Waals surface area contributed by atoms with Crippen molar-refractivity contribution in [1.82, 2.24) is 10.6 Å². The molecular formula is C31H34N2O6. The Balaban J connectivity index is 1.32. The van der Waals surface area contributed by atoms with Crippen molar-refractivity contribution in [2.75, 3.05) is 13.2 Å². The highest BCUT2D eigenvalue weighted by atomic mass is 16.6. The zero-order valence-electron chi connectivity index (χ0n) is 22.4. The minimum Gasteiger partial charge on any atom is -0.480 e. The van der Waals surface area contributed by atoms with Gasteiger partial charge in [0.15, 0.2) is 0 Å². The summed E-state index contributed by atoms with van der Waals surface area (Å²) in [6, 6.07) is 22.3. The van der Waals surface area contributed by atoms with Gasteiger partial charge < -0.3 is 25.2 Å². The van der Waals surface area contributed by atoms with E-state index in [1.807, 2.05) is 54.6 Å². The van der Waals surface area contributed by atoms with Gasteiger partial charge >= 0.3 is 18.2 Å². The summed E-state index contributed by atoms with van der Waals surface area (Å²) in [5.41, 5.74) is 5.50. The number of fused-ring (bicyclic) bond motifs is 3. The summed E-state index contributed by atoms with van der Waals surface area (Å²) in [7, 11) is 0. The first-order valence-corrected chi connectivity index (χ1v) is 13.0. The first-order valence-electron chi connectivity index (χ1n) is 13.0. The smallest absolute Gasteiger partial charge is 0.407 e. The van der Waals surface area contributed by atoms with E-state index in [1.165, 1.54) is 0 Å². The van der Waals surface area contributed by atoms with E-state index < -0.39 is 29.8 Å². The maximum atomic E-state index is 12.7. The maximum Gasteiger partial charge on any atom is 0.407 e. The summed E-state index contributed by atoms with van der Waals surface area (Å²) in [5, 5.41) is 15.0. The summed E-state index contributed by atoms with van der Waals surface area (Å²) in [4.78, 5) is 36.4. The Morgan fingerprint density at radius 2 is 1.49 bits per heavy atom. The predicted molar refractivity (Wildman–Crippen MR) is 148 cm³/mol. The number of carboxylic acid groups (broad SMARTS) is 1. The number of aliphatic carboxylic acids is 1. The van der Waals surface area contributed by atoms with E-state index in [4.69, 9.17) is 9.47 Å². The van der Waals surface area contributed by atoms with Gasteiger partial charge in [0, 0.05) is 18.9 Å². The third-order valence-corrected chi connectivity index (χ3v) is 6.45. The van der Waals surface area contributed by atoms with Crippen molar-refractivity contribution >= 4 is 18.2 Å². The molecule has 0 fully saturated rings. The van der Waals surface area contributed by atoms with Gasteiger partial charge in [-0.2, -0.15) is 0 Å². The quantitative estimate of drug-likeness (QED) is 0.347. The number of carboxylic acids is 1. The fourth-order valence-corrected chi connectivity index (χ4v) is 4.75. The van der Waals surface area contributed by atoms with Gasteiger partial charge in [0.25, 0.3) is 0 Å². The van der Waals surface area contributed by atoms with Crippen LogP contribution in [0.5, 0.6) is 0 Å². The summed E-state index contributed by atoms with van der Waals surface area (Å²) >= 11 is 0. The van der Waals surface area contributed by atoms with Crippen LogP contribution in [0.2, 0.25) is 0 Å². The molecule has 0 aromatic heterocycles. The van der Waals surface area contributed by atoms with Crippen LogP contribution < -0.4 is 10.6 Å². The molecule has 204 valence electrons. The molecule has 3 N–H and O–H groups in total. The average molecular weight is 531 g/mol. The molecule has 1 atom stereocenters. The SMILES string of the molecule is CC(C)(C)OC(=O)NCCc1cccc(C[C@H](NC(=O)OCC2c3ccccc3-c3ccccc32)C(=O)O)c1. The fourth-order valence-electron chi connectivity index (χ4n) is 4.75. The molecule has 0 heterocycles. The van der Waals surface area contributed by atoms with Crippen molar-refractivity contribution in [1.29, 1.82) is 0 Å². The van der Waals surface area contributed by atoms with Crippen LogP contribution in [0.15, 0.2) is 72.8 Å². The van der Waals surface area contributed by atoms with E-state index in [9.17, 15) is 19.5 Å². The second-order valence-corrected chi connectivity index (χ2v) is 10.6. The predicted octanol–water partition coefficient (Wildman–Crippen LogP) is 5.29. The second-order valence-electron chi connectivity index (χ2n) is 10.6. The number of hydrogen-bond donors (Lipinski definition) is 3. The molecule has 0 unspecified atom stereocenters. The molecule has 0 spiro atoms. The number of amides is 2. The Morgan fingerprint density at radius 3 is 2.10 bits per heavy atom. The van der Waals surface area contributed by atoms with E-state index in [0.717, 1.165) is 33.4 Å². The van der Waals surface area contributed by atoms with Crippen LogP contribution in [0.3, 0.4) is 0 Å². The van der Waals surface area contributed by atoms with E-state index in [-0.39, 0.29) is 18.9 Å². The monoisotopic (exact) mass is 530 g/mol. The summed E-state index contributed by atoms with van der Waals surface area (Å²) in [6.45, 7) is 5.87. The van der Waals surface area contributed by atoms with Crippen LogP contribution in [0.1, 0.15) is 48.9 Å². The molecule has 3 aromatic carbocycles. The lowest BCUT2D eigenvalue weighted by Gasteiger charge is -2.19. The van der Waals surface area contributed by atoms with Gasteiger partial charge in [-0.15, -0.1) is 0 Å². The van der Waals surface area contributed by atoms with Crippen LogP contribution >= 0.6 is 0 Å². The van der Waals surface area contributed by atoms with Gasteiger partial charge in [-0.05, 0) is 60.6 Å². The summed E-state index contributed by atoms with van der Waals surface area (Å²) < 4.78 is 10.8. The fraction of sp³-hybridized carbons (Fsp3) is 0.323. The third kappa shape index (κ3) is 7.37. The van der Waals surface area contributed by atoms with E-state index in [1.54, 1.807) is 26.8 Å². The number of rotatable bonds is 9. The zero-order valence-corrected chi connectivity index (χ0v) is 22.4. The molecular weight excluding hydrogens is 496 g/mol. The summed E-state index contributed by atoms with van der Waals surface area (Å²) in [6.07, 6.45) is -0.629. The van der Waals surface area contributed by atoms with Crippen LogP contribution in [0.4, 0.5) is 9.59 Å². The van der Waals surface area contributed by atoms with Crippen molar-refractivity contribution in [3.05, 3.63) is 95.1 Å². The molecule has 3 aromatic rings. The first kappa shape index (κ1) is 27.7. The van der Waals surface area contributed by atoms with Crippen LogP contribution in [0.25, 0.3) is 11.1 Å². The lowest BCUT2D eigenvalue weighted by Crippen LogP contribution is -2.42. The van der Waals surface area contributed by atoms with Gasteiger partial charge in [0.05, 0.1) is 0 Å². The van der Waals surface area contributed by atoms with Crippen molar-refractivity contribution in [3.8, 4) is 11.1 Å². The Morgan fingerprint density at radius 1 is 0.872 bits per heavy atom. The average Bonchev–Trinajstić information content (AvgIpc) is 3.20. The number of ether oxygens (including phenoxy) is 2. The van der Waals surface area contributed by atoms with Crippen molar-refractivity contribution < 1.29 is 29.0 Å². The highest BCUT2D eigenvalue weighted by Crippen LogP contribution is 2.44. The van der Waals surface area contributed by atoms with Crippen molar-refractivity contribution in [2.24, 2.45) is 0 Å². The molecule has 8 heteroatoms. The topological polar surface area (TPSA) is 114 Å². The molecule has 0 radical (unpaired) electrons. The molecule has 0 bridgehead atoms. The third-order valence-electron chi connectivity index (χ3n) is 6.45. The van der Waals surface area contributed by atoms with Gasteiger partial charge in [-0.3, -0.25) is 0 Å². The minimum atomic E-state index is -1.16. The maximum absolute atomic E-state index is 12.7. The normalized spacial score (nSPS) is 13.1. The lowest BCUT2D eigenvalue weighted by atomic mass is 9.98. The number of carbonyl (C=O) groups excluding carboxylic acids is 2. The molecule has 0 saturated heterocycles. The number of carbonyl (C=O) groups is 3. The van der Waals surface area contributed by atoms with Gasteiger partial charge in [0.1, 0.15) is 18.2 Å².